The van der Waals surface area contributed by atoms with E-state index in [0.717, 1.165) is 31.5 Å². The number of fused-ring (bicyclic) bond motifs is 1. The zero-order valence-electron chi connectivity index (χ0n) is 14.1. The molecule has 0 saturated carbocycles. The lowest BCUT2D eigenvalue weighted by Gasteiger charge is -2.31. The van der Waals surface area contributed by atoms with Gasteiger partial charge in [0.15, 0.2) is 0 Å². The van der Waals surface area contributed by atoms with Crippen LogP contribution in [-0.4, -0.2) is 19.1 Å². The molecule has 4 nitrogen and oxygen atoms in total. The summed E-state index contributed by atoms with van der Waals surface area (Å²) in [6.45, 7) is 2.14. The van der Waals surface area contributed by atoms with Gasteiger partial charge in [-0.15, -0.1) is 0 Å². The van der Waals surface area contributed by atoms with Crippen LogP contribution in [0.5, 0.6) is 0 Å². The van der Waals surface area contributed by atoms with E-state index in [1.54, 1.807) is 0 Å². The van der Waals surface area contributed by atoms with Crippen molar-refractivity contribution in [3.05, 3.63) is 77.3 Å². The molecule has 1 aromatic rings. The first-order valence-electron chi connectivity index (χ1n) is 8.88. The molecule has 3 aliphatic rings. The minimum atomic E-state index is 0.260. The number of nitrogens with one attached hydrogen (secondary N) is 3. The number of rotatable bonds is 3. The smallest absolute Gasteiger partial charge is 0.0991 e. The number of hydrogen-bond donors (Lipinski definition) is 3. The Morgan fingerprint density at radius 2 is 2.08 bits per heavy atom. The SMILES string of the molecule is N#Cc1cccc(C2=CC3C=CNC=C3C(NC3CCNCC3)=C2)c1. The molecule has 2 heterocycles. The van der Waals surface area contributed by atoms with Crippen LogP contribution in [0.1, 0.15) is 24.0 Å². The fourth-order valence-corrected chi connectivity index (χ4v) is 3.64. The topological polar surface area (TPSA) is 59.9 Å². The Bertz CT molecular complexity index is 817. The number of benzene rings is 1. The third-order valence-electron chi connectivity index (χ3n) is 4.99. The van der Waals surface area contributed by atoms with Gasteiger partial charge in [0.25, 0.3) is 0 Å². The van der Waals surface area contributed by atoms with Crippen LogP contribution >= 0.6 is 0 Å². The molecule has 126 valence electrons. The molecule has 4 heteroatoms. The molecule has 4 rings (SSSR count). The molecule has 1 atom stereocenters. The maximum atomic E-state index is 9.18. The van der Waals surface area contributed by atoms with Crippen molar-refractivity contribution < 1.29 is 0 Å². The first-order valence-corrected chi connectivity index (χ1v) is 8.88. The summed E-state index contributed by atoms with van der Waals surface area (Å²) >= 11 is 0. The van der Waals surface area contributed by atoms with E-state index in [1.165, 1.54) is 16.8 Å². The summed E-state index contributed by atoms with van der Waals surface area (Å²) in [6.07, 6.45) is 13.0. The van der Waals surface area contributed by atoms with Crippen molar-refractivity contribution in [3.8, 4) is 6.07 Å². The van der Waals surface area contributed by atoms with Crippen LogP contribution in [0.3, 0.4) is 0 Å². The first kappa shape index (κ1) is 15.7. The molecular weight excluding hydrogens is 308 g/mol. The molecule has 2 aliphatic heterocycles. The van der Waals surface area contributed by atoms with Crippen LogP contribution in [0.4, 0.5) is 0 Å². The summed E-state index contributed by atoms with van der Waals surface area (Å²) in [5.41, 5.74) is 5.42. The quantitative estimate of drug-likeness (QED) is 0.798. The minimum Gasteiger partial charge on any atom is -0.382 e. The van der Waals surface area contributed by atoms with E-state index in [-0.39, 0.29) is 5.92 Å². The van der Waals surface area contributed by atoms with Gasteiger partial charge in [0.1, 0.15) is 0 Å². The van der Waals surface area contributed by atoms with Gasteiger partial charge in [-0.1, -0.05) is 24.3 Å². The van der Waals surface area contributed by atoms with Gasteiger partial charge in [0, 0.05) is 29.4 Å². The Morgan fingerprint density at radius 1 is 1.20 bits per heavy atom. The molecule has 1 unspecified atom stereocenters. The molecule has 0 spiro atoms. The van der Waals surface area contributed by atoms with Crippen LogP contribution in [0, 0.1) is 17.2 Å². The summed E-state index contributed by atoms with van der Waals surface area (Å²) in [5, 5.41) is 19.6. The van der Waals surface area contributed by atoms with Crippen molar-refractivity contribution in [2.75, 3.05) is 13.1 Å². The first-order chi connectivity index (χ1) is 12.3. The molecule has 0 amide bonds. The maximum absolute atomic E-state index is 9.18. The Morgan fingerprint density at radius 3 is 2.92 bits per heavy atom. The highest BCUT2D eigenvalue weighted by Crippen LogP contribution is 2.34. The van der Waals surface area contributed by atoms with Crippen molar-refractivity contribution in [1.82, 2.24) is 16.0 Å². The monoisotopic (exact) mass is 330 g/mol. The second-order valence-electron chi connectivity index (χ2n) is 6.69. The second kappa shape index (κ2) is 7.00. The van der Waals surface area contributed by atoms with Crippen molar-refractivity contribution >= 4 is 5.57 Å². The van der Waals surface area contributed by atoms with Gasteiger partial charge in [-0.05, 0) is 61.5 Å². The van der Waals surface area contributed by atoms with Gasteiger partial charge in [-0.2, -0.15) is 5.26 Å². The van der Waals surface area contributed by atoms with Crippen LogP contribution in [0.25, 0.3) is 5.57 Å². The van der Waals surface area contributed by atoms with Crippen LogP contribution in [-0.2, 0) is 0 Å². The maximum Gasteiger partial charge on any atom is 0.0991 e. The molecule has 25 heavy (non-hydrogen) atoms. The summed E-state index contributed by atoms with van der Waals surface area (Å²) in [4.78, 5) is 0. The average Bonchev–Trinajstić information content (AvgIpc) is 2.69. The van der Waals surface area contributed by atoms with Gasteiger partial charge in [0.2, 0.25) is 0 Å². The van der Waals surface area contributed by atoms with Crippen molar-refractivity contribution in [2.24, 2.45) is 5.92 Å². The van der Waals surface area contributed by atoms with Crippen molar-refractivity contribution in [3.63, 3.8) is 0 Å². The van der Waals surface area contributed by atoms with Gasteiger partial charge in [0.05, 0.1) is 11.6 Å². The molecule has 1 fully saturated rings. The van der Waals surface area contributed by atoms with Gasteiger partial charge >= 0.3 is 0 Å². The molecule has 1 saturated heterocycles. The zero-order chi connectivity index (χ0) is 17.1. The predicted octanol–water partition coefficient (Wildman–Crippen LogP) is 2.80. The zero-order valence-corrected chi connectivity index (χ0v) is 14.1. The van der Waals surface area contributed by atoms with E-state index in [1.807, 2.05) is 24.4 Å². The lowest BCUT2D eigenvalue weighted by molar-refractivity contribution is 0.412. The molecule has 0 radical (unpaired) electrons. The lowest BCUT2D eigenvalue weighted by atomic mass is 9.85. The van der Waals surface area contributed by atoms with E-state index < -0.39 is 0 Å². The Balaban J connectivity index is 1.67. The fourth-order valence-electron chi connectivity index (χ4n) is 3.64. The van der Waals surface area contributed by atoms with Crippen LogP contribution < -0.4 is 16.0 Å². The number of dihydropyridines is 1. The van der Waals surface area contributed by atoms with Crippen LogP contribution in [0.2, 0.25) is 0 Å². The molecular formula is C21H22N4. The van der Waals surface area contributed by atoms with Crippen molar-refractivity contribution in [1.29, 1.82) is 5.26 Å². The molecule has 3 N–H and O–H groups in total. The average molecular weight is 330 g/mol. The number of nitriles is 1. The number of nitrogens with zero attached hydrogens (tertiary/aromatic N) is 1. The van der Waals surface area contributed by atoms with E-state index >= 15 is 0 Å². The van der Waals surface area contributed by atoms with E-state index in [0.29, 0.717) is 11.6 Å². The Hall–Kier alpha value is -2.77. The summed E-state index contributed by atoms with van der Waals surface area (Å²) in [7, 11) is 0. The number of piperidine rings is 1. The lowest BCUT2D eigenvalue weighted by Crippen LogP contribution is -2.40. The minimum absolute atomic E-state index is 0.260. The molecule has 1 aliphatic carbocycles. The summed E-state index contributed by atoms with van der Waals surface area (Å²) in [6, 6.07) is 10.6. The van der Waals surface area contributed by atoms with Crippen LogP contribution in [0.15, 0.2) is 66.2 Å². The molecule has 0 bridgehead atoms. The number of hydrogen-bond acceptors (Lipinski definition) is 4. The third-order valence-corrected chi connectivity index (χ3v) is 4.99. The summed E-state index contributed by atoms with van der Waals surface area (Å²) in [5.74, 6) is 0.260. The van der Waals surface area contributed by atoms with Crippen molar-refractivity contribution in [2.45, 2.75) is 18.9 Å². The van der Waals surface area contributed by atoms with Gasteiger partial charge < -0.3 is 16.0 Å². The molecule has 1 aromatic carbocycles. The van der Waals surface area contributed by atoms with E-state index in [2.05, 4.69) is 52.5 Å². The second-order valence-corrected chi connectivity index (χ2v) is 6.69. The number of allylic oxidation sites excluding steroid dienone is 5. The highest BCUT2D eigenvalue weighted by Gasteiger charge is 2.24. The Kier molecular flexibility index (Phi) is 4.41. The Labute approximate surface area is 148 Å². The van der Waals surface area contributed by atoms with Gasteiger partial charge in [-0.25, -0.2) is 0 Å². The standard InChI is InChI=1S/C21H22N4/c22-13-15-2-1-3-16(10-15)18-11-17-4-7-24-14-20(17)21(12-18)25-19-5-8-23-9-6-19/h1-4,7,10-12,14,17,19,23-25H,5-6,8-9H2. The van der Waals surface area contributed by atoms with E-state index in [9.17, 15) is 5.26 Å². The normalized spacial score (nSPS) is 22.7. The highest BCUT2D eigenvalue weighted by molar-refractivity contribution is 5.79. The fraction of sp³-hybridized carbons (Fsp3) is 0.286. The van der Waals surface area contributed by atoms with E-state index in [4.69, 9.17) is 0 Å². The largest absolute Gasteiger partial charge is 0.382 e. The van der Waals surface area contributed by atoms with Gasteiger partial charge in [-0.3, -0.25) is 0 Å². The third kappa shape index (κ3) is 3.38. The molecule has 0 aromatic heterocycles. The summed E-state index contributed by atoms with van der Waals surface area (Å²) < 4.78 is 0. The highest BCUT2D eigenvalue weighted by atomic mass is 15.0. The predicted molar refractivity (Wildman–Crippen MR) is 100 cm³/mol.